The Bertz CT molecular complexity index is 248. The third-order valence-electron chi connectivity index (χ3n) is 5.01. The minimum Gasteiger partial charge on any atom is -0.303 e. The van der Waals surface area contributed by atoms with Crippen molar-refractivity contribution in [3.05, 3.63) is 0 Å². The van der Waals surface area contributed by atoms with E-state index < -0.39 is 0 Å². The number of hydrogen-bond acceptors (Lipinski definition) is 2. The Balaban J connectivity index is 1.89. The van der Waals surface area contributed by atoms with Gasteiger partial charge >= 0.3 is 0 Å². The predicted molar refractivity (Wildman–Crippen MR) is 75.7 cm³/mol. The van der Waals surface area contributed by atoms with Gasteiger partial charge in [0.15, 0.2) is 0 Å². The summed E-state index contributed by atoms with van der Waals surface area (Å²) < 4.78 is 0. The molecule has 2 fully saturated rings. The number of carbonyl (C=O) groups is 1. The van der Waals surface area contributed by atoms with E-state index in [9.17, 15) is 4.79 Å². The number of hydrogen-bond donors (Lipinski definition) is 0. The van der Waals surface area contributed by atoms with Crippen molar-refractivity contribution in [3.8, 4) is 0 Å². The second-order valence-corrected chi connectivity index (χ2v) is 6.71. The second kappa shape index (κ2) is 6.70. The van der Waals surface area contributed by atoms with E-state index >= 15 is 0 Å². The molecule has 1 aliphatic carbocycles. The number of nitrogens with zero attached hydrogens (tertiary/aromatic N) is 1. The first-order valence-corrected chi connectivity index (χ1v) is 7.93. The van der Waals surface area contributed by atoms with E-state index in [0.29, 0.717) is 0 Å². The molecule has 0 N–H and O–H groups in total. The highest BCUT2D eigenvalue weighted by atomic mass is 16.1. The van der Waals surface area contributed by atoms with Gasteiger partial charge in [-0.1, -0.05) is 26.2 Å². The van der Waals surface area contributed by atoms with Crippen molar-refractivity contribution in [3.63, 3.8) is 0 Å². The largest absolute Gasteiger partial charge is 0.303 e. The molecule has 2 rings (SSSR count). The predicted octanol–water partition coefficient (Wildman–Crippen LogP) is 3.65. The van der Waals surface area contributed by atoms with Crippen molar-refractivity contribution in [1.29, 1.82) is 0 Å². The normalized spacial score (nSPS) is 35.7. The van der Waals surface area contributed by atoms with E-state index in [-0.39, 0.29) is 5.41 Å². The van der Waals surface area contributed by atoms with Gasteiger partial charge in [0.05, 0.1) is 0 Å². The first kappa shape index (κ1) is 14.0. The minimum atomic E-state index is -0.00823. The Morgan fingerprint density at radius 1 is 1.06 bits per heavy atom. The van der Waals surface area contributed by atoms with E-state index in [2.05, 4.69) is 11.8 Å². The van der Waals surface area contributed by atoms with Crippen LogP contribution in [0.5, 0.6) is 0 Å². The van der Waals surface area contributed by atoms with Gasteiger partial charge in [0.1, 0.15) is 6.29 Å². The van der Waals surface area contributed by atoms with Crippen molar-refractivity contribution in [2.45, 2.75) is 64.7 Å². The van der Waals surface area contributed by atoms with Crippen LogP contribution in [0.25, 0.3) is 0 Å². The fourth-order valence-corrected chi connectivity index (χ4v) is 3.57. The highest BCUT2D eigenvalue weighted by molar-refractivity contribution is 5.60. The van der Waals surface area contributed by atoms with E-state index in [0.717, 1.165) is 25.3 Å². The first-order valence-electron chi connectivity index (χ1n) is 7.93. The molecule has 0 spiro atoms. The van der Waals surface area contributed by atoms with Crippen LogP contribution >= 0.6 is 0 Å². The highest BCUT2D eigenvalue weighted by Gasteiger charge is 2.35. The van der Waals surface area contributed by atoms with E-state index in [1.165, 1.54) is 64.3 Å². The van der Waals surface area contributed by atoms with Crippen molar-refractivity contribution < 1.29 is 4.79 Å². The Kier molecular flexibility index (Phi) is 5.23. The molecule has 0 amide bonds. The lowest BCUT2D eigenvalue weighted by Gasteiger charge is -2.39. The van der Waals surface area contributed by atoms with Crippen LogP contribution in [0.3, 0.4) is 0 Å². The molecule has 0 aromatic carbocycles. The van der Waals surface area contributed by atoms with Crippen molar-refractivity contribution in [2.75, 3.05) is 19.6 Å². The average Bonchev–Trinajstić information content (AvgIpc) is 2.36. The Morgan fingerprint density at radius 3 is 2.17 bits per heavy atom. The van der Waals surface area contributed by atoms with Crippen LogP contribution in [0, 0.1) is 11.3 Å². The molecular weight excluding hydrogens is 222 g/mol. The lowest BCUT2D eigenvalue weighted by molar-refractivity contribution is -0.119. The maximum absolute atomic E-state index is 11.6. The quantitative estimate of drug-likeness (QED) is 0.714. The average molecular weight is 251 g/mol. The number of rotatable bonds is 3. The van der Waals surface area contributed by atoms with Gasteiger partial charge in [0.2, 0.25) is 0 Å². The molecule has 0 radical (unpaired) electrons. The van der Waals surface area contributed by atoms with Gasteiger partial charge in [-0.2, -0.15) is 0 Å². The monoisotopic (exact) mass is 251 g/mol. The molecule has 1 saturated heterocycles. The van der Waals surface area contributed by atoms with Crippen LogP contribution in [0.1, 0.15) is 64.7 Å². The summed E-state index contributed by atoms with van der Waals surface area (Å²) in [6.07, 6.45) is 12.8. The fourth-order valence-electron chi connectivity index (χ4n) is 3.57. The molecule has 18 heavy (non-hydrogen) atoms. The van der Waals surface area contributed by atoms with Gasteiger partial charge < -0.3 is 9.69 Å². The minimum absolute atomic E-state index is 0.00823. The van der Waals surface area contributed by atoms with Crippen molar-refractivity contribution in [1.82, 2.24) is 4.90 Å². The van der Waals surface area contributed by atoms with E-state index in [1.807, 2.05) is 0 Å². The molecule has 2 nitrogen and oxygen atoms in total. The van der Waals surface area contributed by atoms with Gasteiger partial charge in [-0.3, -0.25) is 0 Å². The summed E-state index contributed by atoms with van der Waals surface area (Å²) in [5.41, 5.74) is -0.00823. The topological polar surface area (TPSA) is 20.3 Å². The Morgan fingerprint density at radius 2 is 1.61 bits per heavy atom. The third-order valence-corrected chi connectivity index (χ3v) is 5.01. The van der Waals surface area contributed by atoms with Gasteiger partial charge in [-0.25, -0.2) is 0 Å². The second-order valence-electron chi connectivity index (χ2n) is 6.71. The Labute approximate surface area is 112 Å². The Hall–Kier alpha value is -0.370. The van der Waals surface area contributed by atoms with Crippen molar-refractivity contribution >= 4 is 6.29 Å². The molecule has 0 atom stereocenters. The summed E-state index contributed by atoms with van der Waals surface area (Å²) in [7, 11) is 0. The van der Waals surface area contributed by atoms with Crippen molar-refractivity contribution in [2.24, 2.45) is 11.3 Å². The zero-order valence-electron chi connectivity index (χ0n) is 12.0. The molecule has 2 aliphatic rings. The summed E-state index contributed by atoms with van der Waals surface area (Å²) in [6.45, 7) is 5.78. The summed E-state index contributed by atoms with van der Waals surface area (Å²) in [5, 5.41) is 0. The summed E-state index contributed by atoms with van der Waals surface area (Å²) >= 11 is 0. The van der Waals surface area contributed by atoms with Crippen LogP contribution in [-0.4, -0.2) is 30.8 Å². The zero-order valence-corrected chi connectivity index (χ0v) is 12.0. The van der Waals surface area contributed by atoms with Crippen LogP contribution in [0.4, 0.5) is 0 Å². The third kappa shape index (κ3) is 3.81. The van der Waals surface area contributed by atoms with Crippen LogP contribution in [0.15, 0.2) is 0 Å². The van der Waals surface area contributed by atoms with Crippen LogP contribution in [-0.2, 0) is 4.79 Å². The molecule has 0 aromatic rings. The molecule has 104 valence electrons. The molecule has 1 aliphatic heterocycles. The van der Waals surface area contributed by atoms with Gasteiger partial charge in [0.25, 0.3) is 0 Å². The SMILES string of the molecule is CC1CCC(C=O)(CN2CCCCCCC2)CC1. The summed E-state index contributed by atoms with van der Waals surface area (Å²) in [5.74, 6) is 0.824. The van der Waals surface area contributed by atoms with Gasteiger partial charge in [-0.15, -0.1) is 0 Å². The van der Waals surface area contributed by atoms with E-state index in [1.54, 1.807) is 0 Å². The number of carbonyl (C=O) groups excluding carboxylic acids is 1. The molecule has 0 bridgehead atoms. The van der Waals surface area contributed by atoms with Crippen LogP contribution in [0.2, 0.25) is 0 Å². The highest BCUT2D eigenvalue weighted by Crippen LogP contribution is 2.38. The summed E-state index contributed by atoms with van der Waals surface area (Å²) in [6, 6.07) is 0. The van der Waals surface area contributed by atoms with Gasteiger partial charge in [0, 0.05) is 12.0 Å². The molecule has 0 unspecified atom stereocenters. The zero-order chi connectivity index (χ0) is 12.8. The smallest absolute Gasteiger partial charge is 0.127 e. The maximum Gasteiger partial charge on any atom is 0.127 e. The van der Waals surface area contributed by atoms with Crippen LogP contribution < -0.4 is 0 Å². The first-order chi connectivity index (χ1) is 8.74. The summed E-state index contributed by atoms with van der Waals surface area (Å²) in [4.78, 5) is 14.2. The number of aldehydes is 1. The maximum atomic E-state index is 11.6. The molecule has 1 saturated carbocycles. The van der Waals surface area contributed by atoms with Gasteiger partial charge in [-0.05, 0) is 57.5 Å². The lowest BCUT2D eigenvalue weighted by atomic mass is 9.71. The molecule has 0 aromatic heterocycles. The molecule has 2 heteroatoms. The molecule has 1 heterocycles. The lowest BCUT2D eigenvalue weighted by Crippen LogP contribution is -2.42. The number of likely N-dealkylation sites (tertiary alicyclic amines) is 1. The standard InChI is InChI=1S/C16H29NO/c1-15-7-9-16(14-18,10-8-15)13-17-11-5-3-2-4-6-12-17/h14-15H,2-13H2,1H3. The van der Waals surface area contributed by atoms with E-state index in [4.69, 9.17) is 0 Å². The fraction of sp³-hybridized carbons (Fsp3) is 0.938. The molecular formula is C16H29NO.